The number of hydrogen-bond acceptors (Lipinski definition) is 3. The van der Waals surface area contributed by atoms with Crippen LogP contribution < -0.4 is 0 Å². The highest BCUT2D eigenvalue weighted by molar-refractivity contribution is 7.71. The van der Waals surface area contributed by atoms with E-state index in [-0.39, 0.29) is 0 Å². The van der Waals surface area contributed by atoms with Gasteiger partial charge in [-0.25, -0.2) is 4.98 Å². The lowest BCUT2D eigenvalue weighted by molar-refractivity contribution is 1.08. The maximum atomic E-state index is 5.07. The van der Waals surface area contributed by atoms with Gasteiger partial charge in [-0.3, -0.25) is 10.2 Å². The Bertz CT molecular complexity index is 1000. The Morgan fingerprint density at radius 3 is 2.36 bits per heavy atom. The van der Waals surface area contributed by atoms with Gasteiger partial charge in [-0.2, -0.15) is 4.98 Å². The van der Waals surface area contributed by atoms with E-state index >= 15 is 0 Å². The summed E-state index contributed by atoms with van der Waals surface area (Å²) in [6.07, 6.45) is 0. The van der Waals surface area contributed by atoms with Crippen molar-refractivity contribution in [1.29, 1.82) is 0 Å². The van der Waals surface area contributed by atoms with Crippen LogP contribution in [-0.4, -0.2) is 20.2 Å². The van der Waals surface area contributed by atoms with Gasteiger partial charge in [-0.1, -0.05) is 48.5 Å². The normalized spacial score (nSPS) is 10.9. The minimum Gasteiger partial charge on any atom is -0.282 e. The third-order valence-electron chi connectivity index (χ3n) is 3.54. The zero-order chi connectivity index (χ0) is 14.9. The predicted octanol–water partition coefficient (Wildman–Crippen LogP) is 4.35. The average Bonchev–Trinajstić information content (AvgIpc) is 3.01. The Morgan fingerprint density at radius 2 is 1.59 bits per heavy atom. The molecule has 0 fully saturated rings. The summed E-state index contributed by atoms with van der Waals surface area (Å²) in [5.41, 5.74) is 3.90. The lowest BCUT2D eigenvalue weighted by atomic mass is 10.0. The number of aromatic amines is 2. The van der Waals surface area contributed by atoms with E-state index in [1.165, 1.54) is 0 Å². The molecule has 0 atom stereocenters. The second-order valence-corrected chi connectivity index (χ2v) is 5.34. The molecule has 0 amide bonds. The highest BCUT2D eigenvalue weighted by atomic mass is 32.1. The third-order valence-corrected chi connectivity index (χ3v) is 3.74. The molecule has 106 valence electrons. The molecule has 2 N–H and O–H groups in total. The molecular weight excluding hydrogens is 292 g/mol. The number of para-hydroxylation sites is 1. The van der Waals surface area contributed by atoms with Crippen LogP contribution in [0.15, 0.2) is 60.7 Å². The summed E-state index contributed by atoms with van der Waals surface area (Å²) in [7, 11) is 0. The van der Waals surface area contributed by atoms with Gasteiger partial charge in [0.15, 0.2) is 5.82 Å². The Hall–Kier alpha value is -2.79. The summed E-state index contributed by atoms with van der Waals surface area (Å²) < 4.78 is 0.442. The van der Waals surface area contributed by atoms with E-state index in [9.17, 15) is 0 Å². The van der Waals surface area contributed by atoms with Crippen molar-refractivity contribution in [2.24, 2.45) is 0 Å². The average molecular weight is 304 g/mol. The number of H-pyrrole nitrogens is 2. The van der Waals surface area contributed by atoms with Crippen molar-refractivity contribution in [1.82, 2.24) is 20.2 Å². The number of nitrogens with zero attached hydrogens (tertiary/aromatic N) is 2. The molecule has 2 heterocycles. The molecule has 0 aliphatic rings. The first-order valence-electron chi connectivity index (χ1n) is 6.91. The quantitative estimate of drug-likeness (QED) is 0.541. The monoisotopic (exact) mass is 304 g/mol. The summed E-state index contributed by atoms with van der Waals surface area (Å²) >= 11 is 5.07. The maximum Gasteiger partial charge on any atom is 0.213 e. The van der Waals surface area contributed by atoms with Crippen molar-refractivity contribution in [3.63, 3.8) is 0 Å². The molecule has 0 saturated heterocycles. The zero-order valence-electron chi connectivity index (χ0n) is 11.6. The fraction of sp³-hybridized carbons (Fsp3) is 0. The van der Waals surface area contributed by atoms with Crippen molar-refractivity contribution in [2.75, 3.05) is 0 Å². The van der Waals surface area contributed by atoms with Gasteiger partial charge in [0.25, 0.3) is 0 Å². The standard InChI is InChI=1S/C17H12N4S/c22-17-19-16(20-21-17)13-10-15(11-6-2-1-3-7-11)18-14-9-5-4-8-12(13)14/h1-10H,(H2,19,20,21,22). The SMILES string of the molecule is S=c1nc(-c2cc(-c3ccccc3)nc3ccccc23)[nH][nH]1. The number of nitrogens with one attached hydrogen (secondary N) is 2. The third kappa shape index (κ3) is 2.21. The van der Waals surface area contributed by atoms with E-state index in [1.54, 1.807) is 0 Å². The van der Waals surface area contributed by atoms with Gasteiger partial charge in [0, 0.05) is 16.5 Å². The second kappa shape index (κ2) is 5.20. The van der Waals surface area contributed by atoms with Gasteiger partial charge in [0.05, 0.1) is 11.2 Å². The number of fused-ring (bicyclic) bond motifs is 1. The van der Waals surface area contributed by atoms with E-state index in [1.807, 2.05) is 60.7 Å². The molecule has 0 saturated carbocycles. The summed E-state index contributed by atoms with van der Waals surface area (Å²) in [4.78, 5) is 9.10. The number of hydrogen-bond donors (Lipinski definition) is 2. The minimum atomic E-state index is 0.442. The number of benzene rings is 2. The van der Waals surface area contributed by atoms with Crippen LogP contribution in [0.25, 0.3) is 33.5 Å². The molecule has 4 rings (SSSR count). The smallest absolute Gasteiger partial charge is 0.213 e. The Kier molecular flexibility index (Phi) is 3.05. The van der Waals surface area contributed by atoms with Crippen LogP contribution in [0.4, 0.5) is 0 Å². The Balaban J connectivity index is 2.03. The first-order valence-corrected chi connectivity index (χ1v) is 7.32. The van der Waals surface area contributed by atoms with E-state index in [2.05, 4.69) is 15.2 Å². The molecule has 22 heavy (non-hydrogen) atoms. The van der Waals surface area contributed by atoms with Gasteiger partial charge >= 0.3 is 0 Å². The van der Waals surface area contributed by atoms with Crippen molar-refractivity contribution >= 4 is 23.1 Å². The van der Waals surface area contributed by atoms with Crippen molar-refractivity contribution < 1.29 is 0 Å². The van der Waals surface area contributed by atoms with Gasteiger partial charge in [-0.15, -0.1) is 0 Å². The number of pyridine rings is 1. The lowest BCUT2D eigenvalue weighted by Gasteiger charge is -2.08. The fourth-order valence-corrected chi connectivity index (χ4v) is 2.67. The van der Waals surface area contributed by atoms with Gasteiger partial charge in [0.1, 0.15) is 0 Å². The van der Waals surface area contributed by atoms with Gasteiger partial charge < -0.3 is 0 Å². The van der Waals surface area contributed by atoms with Crippen LogP contribution >= 0.6 is 12.2 Å². The summed E-state index contributed by atoms with van der Waals surface area (Å²) in [6, 6.07) is 20.2. The molecule has 0 unspecified atom stereocenters. The molecule has 5 heteroatoms. The first kappa shape index (κ1) is 12.9. The fourth-order valence-electron chi connectivity index (χ4n) is 2.53. The van der Waals surface area contributed by atoms with Crippen molar-refractivity contribution in [3.05, 3.63) is 65.4 Å². The van der Waals surface area contributed by atoms with Crippen molar-refractivity contribution in [3.8, 4) is 22.6 Å². The predicted molar refractivity (Wildman–Crippen MR) is 89.9 cm³/mol. The van der Waals surface area contributed by atoms with Crippen LogP contribution in [0, 0.1) is 4.77 Å². The summed E-state index contributed by atoms with van der Waals surface area (Å²) in [5, 5.41) is 6.92. The van der Waals surface area contributed by atoms with Crippen molar-refractivity contribution in [2.45, 2.75) is 0 Å². The summed E-state index contributed by atoms with van der Waals surface area (Å²) in [5.74, 6) is 0.723. The largest absolute Gasteiger partial charge is 0.282 e. The van der Waals surface area contributed by atoms with Crippen LogP contribution in [0.3, 0.4) is 0 Å². The van der Waals surface area contributed by atoms with E-state index in [4.69, 9.17) is 17.2 Å². The molecule has 0 aliphatic carbocycles. The summed E-state index contributed by atoms with van der Waals surface area (Å²) in [6.45, 7) is 0. The highest BCUT2D eigenvalue weighted by Crippen LogP contribution is 2.29. The molecule has 4 nitrogen and oxygen atoms in total. The first-order chi connectivity index (χ1) is 10.8. The van der Waals surface area contributed by atoms with Crippen LogP contribution in [0.5, 0.6) is 0 Å². The molecule has 2 aromatic carbocycles. The molecular formula is C17H12N4S. The number of rotatable bonds is 2. The van der Waals surface area contributed by atoms with E-state index < -0.39 is 0 Å². The molecule has 4 aromatic rings. The van der Waals surface area contributed by atoms with Crippen LogP contribution in [0.1, 0.15) is 0 Å². The Labute approximate surface area is 131 Å². The minimum absolute atomic E-state index is 0.442. The van der Waals surface area contributed by atoms with E-state index in [0.29, 0.717) is 4.77 Å². The lowest BCUT2D eigenvalue weighted by Crippen LogP contribution is -1.91. The van der Waals surface area contributed by atoms with Gasteiger partial charge in [-0.05, 0) is 24.4 Å². The van der Waals surface area contributed by atoms with E-state index in [0.717, 1.165) is 33.5 Å². The Morgan fingerprint density at radius 1 is 0.818 bits per heavy atom. The maximum absolute atomic E-state index is 5.07. The topological polar surface area (TPSA) is 57.4 Å². The molecule has 2 aromatic heterocycles. The highest BCUT2D eigenvalue weighted by Gasteiger charge is 2.11. The van der Waals surface area contributed by atoms with Crippen LogP contribution in [0.2, 0.25) is 0 Å². The van der Waals surface area contributed by atoms with Gasteiger partial charge in [0.2, 0.25) is 4.77 Å². The molecule has 0 radical (unpaired) electrons. The molecule has 0 spiro atoms. The molecule has 0 bridgehead atoms. The second-order valence-electron chi connectivity index (χ2n) is 4.95. The van der Waals surface area contributed by atoms with Crippen LogP contribution in [-0.2, 0) is 0 Å². The zero-order valence-corrected chi connectivity index (χ0v) is 12.4. The molecule has 0 aliphatic heterocycles. The number of aromatic nitrogens is 4.